The van der Waals surface area contributed by atoms with Gasteiger partial charge in [-0.1, -0.05) is 45.9 Å². The first kappa shape index (κ1) is 58.9. The Labute approximate surface area is 446 Å². The second-order valence-corrected chi connectivity index (χ2v) is 23.1. The summed E-state index contributed by atoms with van der Waals surface area (Å²) in [5.41, 5.74) is 0.585. The van der Waals surface area contributed by atoms with Crippen molar-refractivity contribution in [1.82, 2.24) is 9.88 Å². The van der Waals surface area contributed by atoms with Crippen LogP contribution in [0.5, 0.6) is 5.75 Å². The van der Waals surface area contributed by atoms with Crippen molar-refractivity contribution in [3.63, 3.8) is 0 Å². The van der Waals surface area contributed by atoms with Crippen LogP contribution in [-0.4, -0.2) is 156 Å². The molecule has 3 aromatic rings. The molecule has 0 amide bonds. The van der Waals surface area contributed by atoms with Crippen molar-refractivity contribution in [2.45, 2.75) is 205 Å². The third kappa shape index (κ3) is 12.9. The third-order valence-electron chi connectivity index (χ3n) is 17.6. The molecule has 16 heteroatoms. The number of fused-ring (bicyclic) bond motifs is 2. The first-order valence-electron chi connectivity index (χ1n) is 27.6. The molecule has 3 N–H and O–H groups in total. The molecular weight excluding hydrogens is 959 g/mol. The van der Waals surface area contributed by atoms with Crippen molar-refractivity contribution in [1.29, 1.82) is 0 Å². The van der Waals surface area contributed by atoms with Gasteiger partial charge in [-0.2, -0.15) is 0 Å². The Balaban J connectivity index is 1.08. The number of carbonyl (C=O) groups is 2. The number of pyridine rings is 1. The van der Waals surface area contributed by atoms with Gasteiger partial charge in [0.2, 0.25) is 0 Å². The van der Waals surface area contributed by atoms with E-state index in [2.05, 4.69) is 60.2 Å². The number of aliphatic hydroxyl groups excluding tert-OH is 2. The number of benzene rings is 2. The smallest absolute Gasteiger partial charge is 0.311 e. The van der Waals surface area contributed by atoms with Crippen LogP contribution in [-0.2, 0) is 49.2 Å². The van der Waals surface area contributed by atoms with E-state index in [0.717, 1.165) is 49.0 Å². The minimum Gasteiger partial charge on any atom is -0.494 e. The van der Waals surface area contributed by atoms with Gasteiger partial charge in [0.15, 0.2) is 12.6 Å². The van der Waals surface area contributed by atoms with E-state index in [-0.39, 0.29) is 43.2 Å². The normalized spacial score (nSPS) is 37.8. The number of methoxy groups -OCH3 is 2. The fourth-order valence-corrected chi connectivity index (χ4v) is 12.5. The summed E-state index contributed by atoms with van der Waals surface area (Å²) in [4.78, 5) is 38.4. The number of rotatable bonds is 15. The maximum absolute atomic E-state index is 14.5. The lowest BCUT2D eigenvalue weighted by Gasteiger charge is -2.49. The molecule has 0 radical (unpaired) electrons. The van der Waals surface area contributed by atoms with Crippen LogP contribution in [0.3, 0.4) is 0 Å². The van der Waals surface area contributed by atoms with Crippen molar-refractivity contribution < 1.29 is 62.8 Å². The number of Topliss-reactive ketones (excluding diaryl/α,β-unsaturated/α-hetero) is 1. The minimum atomic E-state index is -1.97. The Morgan fingerprint density at radius 2 is 1.60 bits per heavy atom. The van der Waals surface area contributed by atoms with Crippen LogP contribution in [0.2, 0.25) is 0 Å². The second-order valence-electron chi connectivity index (χ2n) is 23.1. The van der Waals surface area contributed by atoms with Crippen LogP contribution >= 0.6 is 0 Å². The lowest BCUT2D eigenvalue weighted by atomic mass is 9.74. The van der Waals surface area contributed by atoms with Gasteiger partial charge < -0.3 is 63.0 Å². The predicted molar refractivity (Wildman–Crippen MR) is 286 cm³/mol. The number of para-hydroxylation sites is 1. The highest BCUT2D eigenvalue weighted by atomic mass is 16.7. The van der Waals surface area contributed by atoms with Crippen molar-refractivity contribution in [3.05, 3.63) is 65.9 Å². The number of hydrogen-bond donors (Lipinski definition) is 3. The number of hydrogen-bond acceptors (Lipinski definition) is 16. The molecule has 4 aliphatic heterocycles. The topological polar surface area (TPSA) is 188 Å². The molecule has 418 valence electrons. The summed E-state index contributed by atoms with van der Waals surface area (Å²) in [6, 6.07) is 17.2. The van der Waals surface area contributed by atoms with E-state index in [9.17, 15) is 24.9 Å². The van der Waals surface area contributed by atoms with Crippen LogP contribution in [0.25, 0.3) is 10.9 Å². The molecule has 4 aliphatic rings. The lowest BCUT2D eigenvalue weighted by Crippen LogP contribution is -2.60. The number of nitrogens with zero attached hydrogens (tertiary/aromatic N) is 3. The average Bonchev–Trinajstić information content (AvgIpc) is 3.83. The molecule has 2 aromatic carbocycles. The van der Waals surface area contributed by atoms with Crippen molar-refractivity contribution in [2.24, 2.45) is 23.7 Å². The summed E-state index contributed by atoms with van der Waals surface area (Å²) in [5.74, 6) is -3.47. The second kappa shape index (κ2) is 24.5. The molecule has 5 heterocycles. The van der Waals surface area contributed by atoms with E-state index >= 15 is 0 Å². The highest BCUT2D eigenvalue weighted by Crippen LogP contribution is 2.42. The van der Waals surface area contributed by atoms with Gasteiger partial charge in [0.25, 0.3) is 0 Å². The summed E-state index contributed by atoms with van der Waals surface area (Å²) in [7, 11) is 5.22. The highest BCUT2D eigenvalue weighted by Gasteiger charge is 2.53. The molecule has 18 atom stereocenters. The summed E-state index contributed by atoms with van der Waals surface area (Å²) < 4.78 is 51.8. The van der Waals surface area contributed by atoms with Gasteiger partial charge in [0.05, 0.1) is 65.8 Å². The number of carbonyl (C=O) groups excluding carboxylic acids is 2. The number of ether oxygens (including phenoxy) is 8. The van der Waals surface area contributed by atoms with Crippen LogP contribution in [0.15, 0.2) is 54.7 Å². The quantitative estimate of drug-likeness (QED) is 0.0981. The van der Waals surface area contributed by atoms with Crippen molar-refractivity contribution in [3.8, 4) is 5.75 Å². The average molecular weight is 1050 g/mol. The van der Waals surface area contributed by atoms with Crippen LogP contribution in [0.4, 0.5) is 5.69 Å². The van der Waals surface area contributed by atoms with Crippen LogP contribution in [0, 0.1) is 23.7 Å². The van der Waals surface area contributed by atoms with E-state index in [1.54, 1.807) is 48.7 Å². The molecule has 0 spiro atoms. The van der Waals surface area contributed by atoms with E-state index in [4.69, 9.17) is 42.9 Å². The number of aromatic nitrogens is 1. The lowest BCUT2D eigenvalue weighted by molar-refractivity contribution is -0.309. The number of cyclic esters (lactones) is 1. The Kier molecular flexibility index (Phi) is 19.2. The van der Waals surface area contributed by atoms with E-state index in [1.165, 1.54) is 30.8 Å². The Bertz CT molecular complexity index is 2390. The zero-order chi connectivity index (χ0) is 54.7. The molecule has 7 rings (SSSR count). The van der Waals surface area contributed by atoms with Crippen molar-refractivity contribution >= 4 is 28.3 Å². The van der Waals surface area contributed by atoms with Gasteiger partial charge in [-0.3, -0.25) is 14.6 Å². The minimum absolute atomic E-state index is 0.0777. The van der Waals surface area contributed by atoms with Gasteiger partial charge in [-0.05, 0) is 129 Å². The molecule has 1 unspecified atom stereocenters. The molecule has 0 bridgehead atoms. The number of aliphatic hydroxyl groups is 3. The van der Waals surface area contributed by atoms with Crippen LogP contribution < -0.4 is 9.64 Å². The number of anilines is 1. The molecule has 0 aliphatic carbocycles. The number of esters is 1. The standard InChI is InChI=1S/C59H89N3O13/c1-15-48-59(11,67)53(64)36(4)51(63)34(2)31-58(10,69-14)55(37(5)52(38(6)56(66)73-48)74-50-32-57(9,68-13)54(65)40(8)72-50)75-49-30-44(27-35(3)71-49)61(12)24-18-26-70-45-21-22-46-42(29-45)28-43(33-60-46)39(7)62-25-23-41-19-16-17-20-47(41)62/h16-17,19-22,28-29,33-40,44,48-50,52-55,64-65,67H,15,18,23-27,30-32H2,1-14H3/t34-,35-,36+,37+,38-,39+,40+,44+,48-,49+,50?,52+,53-,54+,55-,57-,58-,59-/m1/s1. The molecule has 3 fully saturated rings. The maximum atomic E-state index is 14.5. The van der Waals surface area contributed by atoms with Gasteiger partial charge in [0, 0.05) is 81.2 Å². The van der Waals surface area contributed by atoms with Gasteiger partial charge in [-0.25, -0.2) is 0 Å². The summed E-state index contributed by atoms with van der Waals surface area (Å²) in [6.07, 6.45) is -2.40. The Morgan fingerprint density at radius 1 is 0.880 bits per heavy atom. The molecule has 3 saturated heterocycles. The zero-order valence-electron chi connectivity index (χ0n) is 47.2. The van der Waals surface area contributed by atoms with Gasteiger partial charge in [-0.15, -0.1) is 0 Å². The maximum Gasteiger partial charge on any atom is 0.311 e. The van der Waals surface area contributed by atoms with Gasteiger partial charge >= 0.3 is 5.97 Å². The zero-order valence-corrected chi connectivity index (χ0v) is 47.2. The fraction of sp³-hybridized carbons (Fsp3) is 0.712. The monoisotopic (exact) mass is 1050 g/mol. The molecule has 75 heavy (non-hydrogen) atoms. The fourth-order valence-electron chi connectivity index (χ4n) is 12.5. The summed E-state index contributed by atoms with van der Waals surface area (Å²) >= 11 is 0. The van der Waals surface area contributed by atoms with Crippen LogP contribution in [0.1, 0.15) is 132 Å². The van der Waals surface area contributed by atoms with Gasteiger partial charge in [0.1, 0.15) is 29.3 Å². The number of ketones is 1. The molecular formula is C59H89N3O13. The summed E-state index contributed by atoms with van der Waals surface area (Å²) in [5, 5.41) is 35.6. The van der Waals surface area contributed by atoms with Crippen molar-refractivity contribution in [2.75, 3.05) is 45.9 Å². The first-order chi connectivity index (χ1) is 35.4. The first-order valence-corrected chi connectivity index (χ1v) is 27.6. The highest BCUT2D eigenvalue weighted by molar-refractivity contribution is 5.84. The molecule has 1 aromatic heterocycles. The van der Waals surface area contributed by atoms with E-state index in [1.807, 2.05) is 39.1 Å². The summed E-state index contributed by atoms with van der Waals surface area (Å²) in [6.45, 7) is 22.1. The largest absolute Gasteiger partial charge is 0.494 e. The molecule has 0 saturated carbocycles. The molecule has 16 nitrogen and oxygen atoms in total. The Morgan fingerprint density at radius 3 is 2.31 bits per heavy atom. The predicted octanol–water partition coefficient (Wildman–Crippen LogP) is 7.98. The van der Waals surface area contributed by atoms with E-state index in [0.29, 0.717) is 13.0 Å². The van der Waals surface area contributed by atoms with E-state index < -0.39 is 95.6 Å². The SMILES string of the molecule is CC[C@H]1OC(=O)[C@H](C)[C@@H](OC2C[C@@](C)(OC)[C@@H](O)[C@H](C)O2)[C@H](C)[C@@H](O[C@H]2C[C@@H](N(C)CCCOc3ccc4ncc([C@H](C)N5CCc6ccccc65)cc4c3)C[C@@H](C)O2)[C@](C)(OC)C[C@@H](C)C(=O)[C@H](C)[C@@H](O)[C@]1(C)O. The Hall–Kier alpha value is -3.81. The third-order valence-corrected chi connectivity index (χ3v) is 17.6.